The SMILES string of the molecule is CCN(C)CCOc1ccc2c(c1)CN(C(=O)c1cc(C(=O)N(C)Cc3ccc(C)s3)c(O)cc1O)C2. The molecule has 0 aliphatic carbocycles. The third-order valence-electron chi connectivity index (χ3n) is 6.58. The fraction of sp³-hybridized carbons (Fsp3) is 0.357. The standard InChI is InChI=1S/C28H33N3O5S/c1-5-29(3)10-11-36-21-8-7-19-15-31(16-20(19)12-21)28(35)24-13-23(25(32)14-26(24)33)27(34)30(4)17-22-9-6-18(2)37-22/h6-9,12-14,32-33H,5,10-11,15-17H2,1-4H3. The van der Waals surface area contributed by atoms with Gasteiger partial charge in [-0.15, -0.1) is 11.3 Å². The van der Waals surface area contributed by atoms with Gasteiger partial charge in [-0.2, -0.15) is 0 Å². The Morgan fingerprint density at radius 1 is 1.00 bits per heavy atom. The third-order valence-corrected chi connectivity index (χ3v) is 7.56. The Morgan fingerprint density at radius 3 is 2.43 bits per heavy atom. The molecule has 0 spiro atoms. The number of benzene rings is 2. The summed E-state index contributed by atoms with van der Waals surface area (Å²) in [7, 11) is 3.68. The Hall–Kier alpha value is -3.56. The lowest BCUT2D eigenvalue weighted by atomic mass is 10.1. The zero-order chi connectivity index (χ0) is 26.7. The van der Waals surface area contributed by atoms with Crippen LogP contribution < -0.4 is 4.74 Å². The molecule has 2 amide bonds. The van der Waals surface area contributed by atoms with E-state index in [0.717, 1.165) is 45.8 Å². The number of aromatic hydroxyl groups is 2. The van der Waals surface area contributed by atoms with E-state index < -0.39 is 11.8 Å². The minimum Gasteiger partial charge on any atom is -0.507 e. The average molecular weight is 524 g/mol. The molecule has 1 aromatic heterocycles. The van der Waals surface area contributed by atoms with Crippen LogP contribution in [-0.4, -0.2) is 70.5 Å². The largest absolute Gasteiger partial charge is 0.507 e. The van der Waals surface area contributed by atoms with Crippen molar-refractivity contribution in [1.82, 2.24) is 14.7 Å². The van der Waals surface area contributed by atoms with Crippen molar-refractivity contribution >= 4 is 23.2 Å². The van der Waals surface area contributed by atoms with Crippen LogP contribution in [0.25, 0.3) is 0 Å². The van der Waals surface area contributed by atoms with Crippen LogP contribution in [0, 0.1) is 6.92 Å². The van der Waals surface area contributed by atoms with Crippen LogP contribution in [0.15, 0.2) is 42.5 Å². The van der Waals surface area contributed by atoms with Crippen molar-refractivity contribution in [1.29, 1.82) is 0 Å². The van der Waals surface area contributed by atoms with E-state index in [1.165, 1.54) is 11.0 Å². The molecular weight excluding hydrogens is 490 g/mol. The molecule has 2 heterocycles. The number of carbonyl (C=O) groups is 2. The lowest BCUT2D eigenvalue weighted by molar-refractivity contribution is 0.0748. The summed E-state index contributed by atoms with van der Waals surface area (Å²) >= 11 is 1.59. The second-order valence-electron chi connectivity index (χ2n) is 9.40. The van der Waals surface area contributed by atoms with E-state index >= 15 is 0 Å². The molecule has 37 heavy (non-hydrogen) atoms. The van der Waals surface area contributed by atoms with Gasteiger partial charge >= 0.3 is 0 Å². The van der Waals surface area contributed by atoms with E-state index in [1.54, 1.807) is 23.3 Å². The van der Waals surface area contributed by atoms with Gasteiger partial charge in [0.1, 0.15) is 23.9 Å². The first-order valence-electron chi connectivity index (χ1n) is 12.3. The van der Waals surface area contributed by atoms with Gasteiger partial charge in [-0.3, -0.25) is 9.59 Å². The molecule has 0 saturated heterocycles. The van der Waals surface area contributed by atoms with Gasteiger partial charge in [0.25, 0.3) is 11.8 Å². The number of aryl methyl sites for hydroxylation is 1. The van der Waals surface area contributed by atoms with Gasteiger partial charge in [0.15, 0.2) is 0 Å². The van der Waals surface area contributed by atoms with Crippen molar-refractivity contribution < 1.29 is 24.5 Å². The van der Waals surface area contributed by atoms with Crippen LogP contribution in [0.1, 0.15) is 48.5 Å². The summed E-state index contributed by atoms with van der Waals surface area (Å²) in [6, 6.07) is 12.1. The third kappa shape index (κ3) is 6.06. The Morgan fingerprint density at radius 2 is 1.73 bits per heavy atom. The fourth-order valence-electron chi connectivity index (χ4n) is 4.25. The second kappa shape index (κ2) is 11.2. The van der Waals surface area contributed by atoms with Gasteiger partial charge in [0.05, 0.1) is 17.7 Å². The summed E-state index contributed by atoms with van der Waals surface area (Å²) in [6.07, 6.45) is 0. The lowest BCUT2D eigenvalue weighted by Gasteiger charge is -2.20. The molecule has 0 bridgehead atoms. The number of thiophene rings is 1. The van der Waals surface area contributed by atoms with E-state index in [2.05, 4.69) is 11.8 Å². The number of phenolic OH excluding ortho intramolecular Hbond substituents is 2. The molecule has 2 N–H and O–H groups in total. The summed E-state index contributed by atoms with van der Waals surface area (Å²) in [4.78, 5) is 33.9. The summed E-state index contributed by atoms with van der Waals surface area (Å²) in [6.45, 7) is 7.56. The van der Waals surface area contributed by atoms with Gasteiger partial charge in [0.2, 0.25) is 0 Å². The maximum atomic E-state index is 13.4. The molecule has 0 saturated carbocycles. The van der Waals surface area contributed by atoms with Crippen molar-refractivity contribution in [2.75, 3.05) is 33.8 Å². The first kappa shape index (κ1) is 26.5. The Balaban J connectivity index is 1.47. The van der Waals surface area contributed by atoms with Crippen molar-refractivity contribution in [2.24, 2.45) is 0 Å². The molecule has 3 aromatic rings. The van der Waals surface area contributed by atoms with Crippen LogP contribution in [0.5, 0.6) is 17.2 Å². The van der Waals surface area contributed by atoms with Crippen LogP contribution in [0.2, 0.25) is 0 Å². The molecule has 0 radical (unpaired) electrons. The number of rotatable bonds is 9. The predicted molar refractivity (Wildman–Crippen MR) is 143 cm³/mol. The number of hydrogen-bond acceptors (Lipinski definition) is 7. The molecule has 0 fully saturated rings. The molecule has 1 aliphatic rings. The van der Waals surface area contributed by atoms with Crippen LogP contribution >= 0.6 is 11.3 Å². The molecule has 196 valence electrons. The summed E-state index contributed by atoms with van der Waals surface area (Å²) in [5.74, 6) is -0.824. The minimum atomic E-state index is -0.433. The Labute approximate surface area is 221 Å². The molecule has 8 nitrogen and oxygen atoms in total. The number of nitrogens with zero attached hydrogens (tertiary/aromatic N) is 3. The smallest absolute Gasteiger partial charge is 0.258 e. The number of amides is 2. The summed E-state index contributed by atoms with van der Waals surface area (Å²) < 4.78 is 5.87. The zero-order valence-corrected chi connectivity index (χ0v) is 22.5. The predicted octanol–water partition coefficient (Wildman–Crippen LogP) is 4.23. The number of fused-ring (bicyclic) bond motifs is 1. The molecular formula is C28H33N3O5S. The Kier molecular flexibility index (Phi) is 8.04. The normalized spacial score (nSPS) is 12.6. The monoisotopic (exact) mass is 523 g/mol. The number of ether oxygens (including phenoxy) is 1. The quantitative estimate of drug-likeness (QED) is 0.436. The van der Waals surface area contributed by atoms with Gasteiger partial charge in [-0.1, -0.05) is 13.0 Å². The lowest BCUT2D eigenvalue weighted by Crippen LogP contribution is -2.28. The van der Waals surface area contributed by atoms with Crippen molar-refractivity contribution in [3.8, 4) is 17.2 Å². The molecule has 0 unspecified atom stereocenters. The summed E-state index contributed by atoms with van der Waals surface area (Å²) in [5.41, 5.74) is 1.94. The molecule has 2 aromatic carbocycles. The van der Waals surface area contributed by atoms with E-state index in [0.29, 0.717) is 26.2 Å². The van der Waals surface area contributed by atoms with E-state index in [4.69, 9.17) is 4.74 Å². The highest BCUT2D eigenvalue weighted by atomic mass is 32.1. The van der Waals surface area contributed by atoms with Gasteiger partial charge in [-0.05, 0) is 62.0 Å². The van der Waals surface area contributed by atoms with Crippen LogP contribution in [0.4, 0.5) is 0 Å². The molecule has 9 heteroatoms. The average Bonchev–Trinajstić information content (AvgIpc) is 3.48. The Bertz CT molecular complexity index is 1300. The fourth-order valence-corrected chi connectivity index (χ4v) is 5.20. The molecule has 1 aliphatic heterocycles. The van der Waals surface area contributed by atoms with Gasteiger partial charge < -0.3 is 29.6 Å². The van der Waals surface area contributed by atoms with Gasteiger partial charge in [-0.25, -0.2) is 0 Å². The second-order valence-corrected chi connectivity index (χ2v) is 10.8. The number of phenols is 2. The maximum Gasteiger partial charge on any atom is 0.258 e. The van der Waals surface area contributed by atoms with E-state index in [1.807, 2.05) is 44.3 Å². The molecule has 4 rings (SSSR count). The number of hydrogen-bond donors (Lipinski definition) is 2. The minimum absolute atomic E-state index is 0.0200. The highest BCUT2D eigenvalue weighted by Crippen LogP contribution is 2.33. The highest BCUT2D eigenvalue weighted by Gasteiger charge is 2.29. The number of likely N-dealkylation sites (N-methyl/N-ethyl adjacent to an activating group) is 1. The summed E-state index contributed by atoms with van der Waals surface area (Å²) in [5, 5.41) is 20.9. The van der Waals surface area contributed by atoms with Crippen molar-refractivity contribution in [3.63, 3.8) is 0 Å². The van der Waals surface area contributed by atoms with E-state index in [-0.39, 0.29) is 22.6 Å². The maximum absolute atomic E-state index is 13.4. The first-order chi connectivity index (χ1) is 17.7. The van der Waals surface area contributed by atoms with Crippen molar-refractivity contribution in [3.05, 3.63) is 74.5 Å². The zero-order valence-electron chi connectivity index (χ0n) is 21.7. The first-order valence-corrected chi connectivity index (χ1v) is 13.1. The van der Waals surface area contributed by atoms with E-state index in [9.17, 15) is 19.8 Å². The van der Waals surface area contributed by atoms with Crippen LogP contribution in [-0.2, 0) is 19.6 Å². The van der Waals surface area contributed by atoms with Gasteiger partial charge in [0, 0.05) is 42.5 Å². The molecule has 0 atom stereocenters. The van der Waals surface area contributed by atoms with Crippen molar-refractivity contribution in [2.45, 2.75) is 33.5 Å². The highest BCUT2D eigenvalue weighted by molar-refractivity contribution is 7.11. The topological polar surface area (TPSA) is 93.6 Å². The number of carbonyl (C=O) groups excluding carboxylic acids is 2. The van der Waals surface area contributed by atoms with Crippen LogP contribution in [0.3, 0.4) is 0 Å².